The van der Waals surface area contributed by atoms with Crippen LogP contribution in [0.4, 0.5) is 18.3 Å². The molecule has 0 aliphatic heterocycles. The van der Waals surface area contributed by atoms with Crippen LogP contribution in [0.5, 0.6) is 5.75 Å². The van der Waals surface area contributed by atoms with Gasteiger partial charge in [0, 0.05) is 23.9 Å². The topological polar surface area (TPSA) is 81.4 Å². The third-order valence-electron chi connectivity index (χ3n) is 4.90. The van der Waals surface area contributed by atoms with E-state index in [1.54, 1.807) is 10.6 Å². The zero-order valence-corrected chi connectivity index (χ0v) is 18.4. The SMILES string of the molecule is Cc1cc2nc(C)c(CCC(=O)Nc3nc4ccc(OCC(F)(F)F)cc4s3)c(C)n2n1. The van der Waals surface area contributed by atoms with Crippen LogP contribution in [0, 0.1) is 20.8 Å². The number of alkyl halides is 3. The molecule has 7 nitrogen and oxygen atoms in total. The fourth-order valence-electron chi connectivity index (χ4n) is 3.44. The highest BCUT2D eigenvalue weighted by atomic mass is 32.1. The lowest BCUT2D eigenvalue weighted by Crippen LogP contribution is -2.19. The Bertz CT molecular complexity index is 1310. The number of hydrogen-bond donors (Lipinski definition) is 1. The molecule has 0 unspecified atom stereocenters. The molecule has 32 heavy (non-hydrogen) atoms. The summed E-state index contributed by atoms with van der Waals surface area (Å²) in [5.74, 6) is -0.118. The molecule has 1 aromatic carbocycles. The Morgan fingerprint density at radius 3 is 2.72 bits per heavy atom. The molecule has 1 amide bonds. The van der Waals surface area contributed by atoms with Gasteiger partial charge < -0.3 is 10.1 Å². The summed E-state index contributed by atoms with van der Waals surface area (Å²) in [7, 11) is 0. The van der Waals surface area contributed by atoms with Crippen molar-refractivity contribution in [2.75, 3.05) is 11.9 Å². The van der Waals surface area contributed by atoms with Crippen LogP contribution in [-0.2, 0) is 11.2 Å². The maximum atomic E-state index is 12.5. The summed E-state index contributed by atoms with van der Waals surface area (Å²) in [4.78, 5) is 21.4. The standard InChI is InChI=1S/C21H20F3N5O2S/c1-11-8-18-25-12(2)15(13(3)29(18)28-11)5-7-19(30)27-20-26-16-6-4-14(9-17(16)32-20)31-10-21(22,23)24/h4,6,8-9H,5,7,10H2,1-3H3,(H,26,27,30). The number of thiazole rings is 1. The number of carbonyl (C=O) groups excluding carboxylic acids is 1. The molecule has 3 heterocycles. The van der Waals surface area contributed by atoms with Gasteiger partial charge in [-0.1, -0.05) is 11.3 Å². The molecule has 0 aliphatic rings. The minimum Gasteiger partial charge on any atom is -0.484 e. The maximum absolute atomic E-state index is 12.5. The first-order valence-corrected chi connectivity index (χ1v) is 10.6. The van der Waals surface area contributed by atoms with Crippen LogP contribution in [0.25, 0.3) is 15.9 Å². The predicted molar refractivity (Wildman–Crippen MR) is 115 cm³/mol. The van der Waals surface area contributed by atoms with E-state index < -0.39 is 12.8 Å². The number of anilines is 1. The summed E-state index contributed by atoms with van der Waals surface area (Å²) >= 11 is 1.17. The van der Waals surface area contributed by atoms with Gasteiger partial charge in [0.15, 0.2) is 17.4 Å². The Kier molecular flexibility index (Phi) is 5.76. The maximum Gasteiger partial charge on any atom is 0.422 e. The molecule has 168 valence electrons. The van der Waals surface area contributed by atoms with Gasteiger partial charge in [0.2, 0.25) is 5.91 Å². The van der Waals surface area contributed by atoms with E-state index in [4.69, 9.17) is 4.74 Å². The van der Waals surface area contributed by atoms with Gasteiger partial charge in [-0.25, -0.2) is 14.5 Å². The van der Waals surface area contributed by atoms with Crippen molar-refractivity contribution in [1.29, 1.82) is 0 Å². The Morgan fingerprint density at radius 1 is 1.19 bits per heavy atom. The Balaban J connectivity index is 1.42. The number of carbonyl (C=O) groups is 1. The van der Waals surface area contributed by atoms with Gasteiger partial charge in [0.25, 0.3) is 0 Å². The summed E-state index contributed by atoms with van der Waals surface area (Å²) in [5, 5.41) is 7.58. The first kappa shape index (κ1) is 22.0. The molecule has 0 bridgehead atoms. The number of hydrogen-bond acceptors (Lipinski definition) is 6. The fraction of sp³-hybridized carbons (Fsp3) is 0.333. The van der Waals surface area contributed by atoms with Crippen LogP contribution >= 0.6 is 11.3 Å². The van der Waals surface area contributed by atoms with E-state index in [1.165, 1.54) is 23.5 Å². The van der Waals surface area contributed by atoms with E-state index in [9.17, 15) is 18.0 Å². The van der Waals surface area contributed by atoms with Crippen LogP contribution < -0.4 is 10.1 Å². The van der Waals surface area contributed by atoms with Crippen molar-refractivity contribution in [3.63, 3.8) is 0 Å². The average molecular weight is 463 g/mol. The molecule has 0 spiro atoms. The Hall–Kier alpha value is -3.21. The quantitative estimate of drug-likeness (QED) is 0.445. The summed E-state index contributed by atoms with van der Waals surface area (Å²) in [6, 6.07) is 6.37. The summed E-state index contributed by atoms with van der Waals surface area (Å²) in [6.07, 6.45) is -3.69. The number of benzene rings is 1. The van der Waals surface area contributed by atoms with Crippen molar-refractivity contribution in [2.45, 2.75) is 39.8 Å². The number of halogens is 3. The van der Waals surface area contributed by atoms with Crippen LogP contribution in [0.3, 0.4) is 0 Å². The zero-order valence-electron chi connectivity index (χ0n) is 17.6. The Labute approximate surface area is 185 Å². The number of rotatable bonds is 6. The third-order valence-corrected chi connectivity index (χ3v) is 5.83. The largest absolute Gasteiger partial charge is 0.484 e. The monoisotopic (exact) mass is 463 g/mol. The normalized spacial score (nSPS) is 11.9. The highest BCUT2D eigenvalue weighted by Gasteiger charge is 2.28. The number of ether oxygens (including phenoxy) is 1. The second-order valence-electron chi connectivity index (χ2n) is 7.42. The number of amides is 1. The number of aromatic nitrogens is 4. The fourth-order valence-corrected chi connectivity index (χ4v) is 4.35. The van der Waals surface area contributed by atoms with Gasteiger partial charge in [-0.05, 0) is 51.0 Å². The molecule has 0 radical (unpaired) electrons. The second kappa shape index (κ2) is 8.38. The third kappa shape index (κ3) is 4.82. The predicted octanol–water partition coefficient (Wildman–Crippen LogP) is 4.78. The van der Waals surface area contributed by atoms with Gasteiger partial charge >= 0.3 is 6.18 Å². The van der Waals surface area contributed by atoms with E-state index in [0.717, 1.165) is 28.3 Å². The lowest BCUT2D eigenvalue weighted by molar-refractivity contribution is -0.153. The molecular weight excluding hydrogens is 443 g/mol. The van der Waals surface area contributed by atoms with Crippen molar-refractivity contribution < 1.29 is 22.7 Å². The molecule has 0 aliphatic carbocycles. The smallest absolute Gasteiger partial charge is 0.422 e. The van der Waals surface area contributed by atoms with Crippen molar-refractivity contribution in [3.8, 4) is 5.75 Å². The Morgan fingerprint density at radius 2 is 1.97 bits per heavy atom. The molecule has 1 N–H and O–H groups in total. The second-order valence-corrected chi connectivity index (χ2v) is 8.45. The molecule has 0 atom stereocenters. The summed E-state index contributed by atoms with van der Waals surface area (Å²) in [6.45, 7) is 4.40. The van der Waals surface area contributed by atoms with Crippen LogP contribution in [0.1, 0.15) is 29.1 Å². The molecule has 0 saturated heterocycles. The lowest BCUT2D eigenvalue weighted by atomic mass is 10.1. The van der Waals surface area contributed by atoms with Gasteiger partial charge in [-0.2, -0.15) is 18.3 Å². The lowest BCUT2D eigenvalue weighted by Gasteiger charge is -2.10. The molecule has 3 aromatic heterocycles. The van der Waals surface area contributed by atoms with E-state index in [2.05, 4.69) is 20.4 Å². The first-order chi connectivity index (χ1) is 15.1. The van der Waals surface area contributed by atoms with Crippen molar-refractivity contribution >= 4 is 38.2 Å². The average Bonchev–Trinajstić information content (AvgIpc) is 3.27. The number of nitrogens with zero attached hydrogens (tertiary/aromatic N) is 4. The van der Waals surface area contributed by atoms with E-state index >= 15 is 0 Å². The number of fused-ring (bicyclic) bond motifs is 2. The van der Waals surface area contributed by atoms with Crippen molar-refractivity contribution in [3.05, 3.63) is 46.9 Å². The highest BCUT2D eigenvalue weighted by molar-refractivity contribution is 7.22. The highest BCUT2D eigenvalue weighted by Crippen LogP contribution is 2.30. The minimum atomic E-state index is -4.41. The summed E-state index contributed by atoms with van der Waals surface area (Å²) < 4.78 is 44.2. The zero-order chi connectivity index (χ0) is 23.0. The van der Waals surface area contributed by atoms with E-state index in [-0.39, 0.29) is 18.1 Å². The molecular formula is C21H20F3N5O2S. The van der Waals surface area contributed by atoms with Crippen molar-refractivity contribution in [2.24, 2.45) is 0 Å². The van der Waals surface area contributed by atoms with Crippen LogP contribution in [0.2, 0.25) is 0 Å². The van der Waals surface area contributed by atoms with E-state index in [0.29, 0.717) is 21.8 Å². The van der Waals surface area contributed by atoms with Gasteiger partial charge in [-0.15, -0.1) is 0 Å². The molecule has 11 heteroatoms. The molecule has 0 saturated carbocycles. The molecule has 4 rings (SSSR count). The van der Waals surface area contributed by atoms with Gasteiger partial charge in [-0.3, -0.25) is 4.79 Å². The minimum absolute atomic E-state index is 0.0963. The van der Waals surface area contributed by atoms with Crippen LogP contribution in [-0.4, -0.2) is 38.3 Å². The van der Waals surface area contributed by atoms with Gasteiger partial charge in [0.05, 0.1) is 15.9 Å². The molecule has 0 fully saturated rings. The van der Waals surface area contributed by atoms with Crippen LogP contribution in [0.15, 0.2) is 24.3 Å². The van der Waals surface area contributed by atoms with Gasteiger partial charge in [0.1, 0.15) is 5.75 Å². The first-order valence-electron chi connectivity index (χ1n) is 9.81. The molecule has 4 aromatic rings. The summed E-state index contributed by atoms with van der Waals surface area (Å²) in [5.41, 5.74) is 4.98. The number of aryl methyl sites for hydroxylation is 3. The number of nitrogens with one attached hydrogen (secondary N) is 1. The van der Waals surface area contributed by atoms with E-state index in [1.807, 2.05) is 26.8 Å². The van der Waals surface area contributed by atoms with Crippen molar-refractivity contribution in [1.82, 2.24) is 19.6 Å².